The number of benzene rings is 2. The van der Waals surface area contributed by atoms with E-state index in [1.165, 1.54) is 18.5 Å². The van der Waals surface area contributed by atoms with E-state index in [1.807, 2.05) is 43.9 Å². The van der Waals surface area contributed by atoms with Crippen LogP contribution in [0.3, 0.4) is 0 Å². The van der Waals surface area contributed by atoms with Gasteiger partial charge in [-0.1, -0.05) is 23.2 Å². The van der Waals surface area contributed by atoms with Gasteiger partial charge in [-0.25, -0.2) is 19.2 Å². The van der Waals surface area contributed by atoms with Crippen LogP contribution in [0.5, 0.6) is 0 Å². The zero-order chi connectivity index (χ0) is 24.9. The van der Waals surface area contributed by atoms with E-state index in [2.05, 4.69) is 20.2 Å². The van der Waals surface area contributed by atoms with Gasteiger partial charge in [-0.05, 0) is 63.9 Å². The van der Waals surface area contributed by atoms with Crippen molar-refractivity contribution in [2.75, 3.05) is 23.3 Å². The van der Waals surface area contributed by atoms with E-state index in [4.69, 9.17) is 27.9 Å². The Labute approximate surface area is 213 Å². The Hall–Kier alpha value is -2.84. The first-order valence-electron chi connectivity index (χ1n) is 11.5. The van der Waals surface area contributed by atoms with Crippen LogP contribution in [0.2, 0.25) is 10.0 Å². The molecule has 3 aromatic rings. The zero-order valence-corrected chi connectivity index (χ0v) is 21.2. The Morgan fingerprint density at radius 3 is 2.66 bits per heavy atom. The summed E-state index contributed by atoms with van der Waals surface area (Å²) in [4.78, 5) is 25.6. The van der Waals surface area contributed by atoms with Gasteiger partial charge in [0.1, 0.15) is 17.7 Å². The third kappa shape index (κ3) is 4.57. The maximum Gasteiger partial charge on any atom is 0.410 e. The molecule has 2 aliphatic heterocycles. The molecule has 5 rings (SSSR count). The number of halogens is 3. The van der Waals surface area contributed by atoms with Gasteiger partial charge in [0.15, 0.2) is 5.82 Å². The second-order valence-corrected chi connectivity index (χ2v) is 10.6. The number of hydrogen-bond acceptors (Lipinski definition) is 6. The number of amides is 1. The van der Waals surface area contributed by atoms with Crippen LogP contribution in [0.4, 0.5) is 26.4 Å². The number of hydrogen-bond donors (Lipinski definition) is 1. The number of aromatic nitrogens is 2. The summed E-state index contributed by atoms with van der Waals surface area (Å²) in [5, 5.41) is 3.78. The van der Waals surface area contributed by atoms with Crippen molar-refractivity contribution in [3.8, 4) is 0 Å². The van der Waals surface area contributed by atoms with Crippen LogP contribution in [-0.4, -0.2) is 51.7 Å². The van der Waals surface area contributed by atoms with Crippen molar-refractivity contribution in [1.82, 2.24) is 14.9 Å². The number of likely N-dealkylation sites (tertiary alicyclic amines) is 1. The van der Waals surface area contributed by atoms with Crippen molar-refractivity contribution in [1.29, 1.82) is 0 Å². The predicted octanol–water partition coefficient (Wildman–Crippen LogP) is 6.41. The normalized spacial score (nSPS) is 19.8. The first-order chi connectivity index (χ1) is 16.6. The molecule has 2 aliphatic rings. The number of fused-ring (bicyclic) bond motifs is 2. The number of nitrogens with zero attached hydrogens (tertiary/aromatic N) is 4. The molecule has 2 atom stereocenters. The Morgan fingerprint density at radius 1 is 1.11 bits per heavy atom. The SMILES string of the molecule is CC(C)(C)OC(=O)N1CCC2C1CCN2c1ccc2ncnc(Nc3ccc(Cl)c(Cl)c3F)c2c1. The Bertz CT molecular complexity index is 1300. The van der Waals surface area contributed by atoms with Gasteiger partial charge >= 0.3 is 6.09 Å². The Morgan fingerprint density at radius 2 is 1.89 bits per heavy atom. The highest BCUT2D eigenvalue weighted by atomic mass is 35.5. The fourth-order valence-corrected chi connectivity index (χ4v) is 5.24. The standard InChI is InChI=1S/C25H26Cl2FN5O2/c1-25(2,3)35-24(34)33-11-9-19-20(33)8-10-32(19)14-4-6-17-15(12-14)23(30-13-29-17)31-18-7-5-16(26)21(27)22(18)28/h4-7,12-13,19-20H,8-11H2,1-3H3,(H,29,30,31). The van der Waals surface area contributed by atoms with Crippen LogP contribution in [0, 0.1) is 5.82 Å². The van der Waals surface area contributed by atoms with E-state index in [0.29, 0.717) is 12.4 Å². The molecule has 1 amide bonds. The number of rotatable bonds is 3. The third-order valence-corrected chi connectivity index (χ3v) is 7.22. The summed E-state index contributed by atoms with van der Waals surface area (Å²) in [6, 6.07) is 9.32. The summed E-state index contributed by atoms with van der Waals surface area (Å²) in [6.07, 6.45) is 2.91. The molecule has 2 fully saturated rings. The lowest BCUT2D eigenvalue weighted by Crippen LogP contribution is -2.42. The van der Waals surface area contributed by atoms with E-state index < -0.39 is 11.4 Å². The molecule has 35 heavy (non-hydrogen) atoms. The second-order valence-electron chi connectivity index (χ2n) is 9.85. The third-order valence-electron chi connectivity index (χ3n) is 6.44. The summed E-state index contributed by atoms with van der Waals surface area (Å²) in [5.74, 6) is -0.177. The van der Waals surface area contributed by atoms with Gasteiger partial charge < -0.3 is 19.9 Å². The summed E-state index contributed by atoms with van der Waals surface area (Å²) >= 11 is 11.9. The van der Waals surface area contributed by atoms with Gasteiger partial charge in [-0.15, -0.1) is 0 Å². The summed E-state index contributed by atoms with van der Waals surface area (Å²) in [6.45, 7) is 7.13. The Balaban J connectivity index is 1.42. The molecule has 0 radical (unpaired) electrons. The largest absolute Gasteiger partial charge is 0.444 e. The molecule has 0 bridgehead atoms. The fraction of sp³-hybridized carbons (Fsp3) is 0.400. The minimum Gasteiger partial charge on any atom is -0.444 e. The highest BCUT2D eigenvalue weighted by Crippen LogP contribution is 2.38. The molecule has 3 heterocycles. The second kappa shape index (κ2) is 8.99. The molecule has 0 aliphatic carbocycles. The van der Waals surface area contributed by atoms with Crippen molar-refractivity contribution in [2.24, 2.45) is 0 Å². The molecule has 7 nitrogen and oxygen atoms in total. The maximum absolute atomic E-state index is 14.7. The van der Waals surface area contributed by atoms with Gasteiger partial charge in [0.2, 0.25) is 0 Å². The highest BCUT2D eigenvalue weighted by Gasteiger charge is 2.45. The van der Waals surface area contributed by atoms with Crippen LogP contribution in [0.25, 0.3) is 10.9 Å². The molecule has 10 heteroatoms. The maximum atomic E-state index is 14.7. The van der Waals surface area contributed by atoms with Gasteiger partial charge in [-0.3, -0.25) is 0 Å². The van der Waals surface area contributed by atoms with Crippen molar-refractivity contribution in [3.05, 3.63) is 52.5 Å². The van der Waals surface area contributed by atoms with E-state index >= 15 is 0 Å². The average Bonchev–Trinajstić information content (AvgIpc) is 3.40. The first-order valence-corrected chi connectivity index (χ1v) is 12.3. The van der Waals surface area contributed by atoms with Crippen molar-refractivity contribution in [3.63, 3.8) is 0 Å². The molecule has 2 unspecified atom stereocenters. The molecule has 1 N–H and O–H groups in total. The monoisotopic (exact) mass is 517 g/mol. The van der Waals surface area contributed by atoms with E-state index in [9.17, 15) is 9.18 Å². The van der Waals surface area contributed by atoms with Gasteiger partial charge in [-0.2, -0.15) is 0 Å². The summed E-state index contributed by atoms with van der Waals surface area (Å²) in [5.41, 5.74) is 1.38. The van der Waals surface area contributed by atoms with Crippen LogP contribution < -0.4 is 10.2 Å². The van der Waals surface area contributed by atoms with Crippen LogP contribution in [0.15, 0.2) is 36.7 Å². The number of nitrogens with one attached hydrogen (secondary N) is 1. The molecule has 2 aromatic carbocycles. The van der Waals surface area contributed by atoms with Gasteiger partial charge in [0.25, 0.3) is 0 Å². The minimum absolute atomic E-state index is 0.107. The molecular formula is C25H26Cl2FN5O2. The lowest BCUT2D eigenvalue weighted by Gasteiger charge is -2.29. The first kappa shape index (κ1) is 23.9. The lowest BCUT2D eigenvalue weighted by molar-refractivity contribution is 0.0228. The van der Waals surface area contributed by atoms with Crippen molar-refractivity contribution >= 4 is 57.4 Å². The molecule has 2 saturated heterocycles. The predicted molar refractivity (Wildman–Crippen MR) is 136 cm³/mol. The number of anilines is 3. The quantitative estimate of drug-likeness (QED) is 0.405. The van der Waals surface area contributed by atoms with E-state index in [-0.39, 0.29) is 33.9 Å². The number of ether oxygens (including phenoxy) is 1. The van der Waals surface area contributed by atoms with Gasteiger partial charge in [0, 0.05) is 24.2 Å². The topological polar surface area (TPSA) is 70.6 Å². The summed E-state index contributed by atoms with van der Waals surface area (Å²) < 4.78 is 20.3. The molecule has 1 aromatic heterocycles. The average molecular weight is 518 g/mol. The van der Waals surface area contributed by atoms with E-state index in [0.717, 1.165) is 36.0 Å². The molecule has 0 spiro atoms. The van der Waals surface area contributed by atoms with Crippen molar-refractivity contribution in [2.45, 2.75) is 51.3 Å². The molecule has 184 valence electrons. The Kier molecular flexibility index (Phi) is 6.13. The van der Waals surface area contributed by atoms with Crippen LogP contribution in [0.1, 0.15) is 33.6 Å². The molecular weight excluding hydrogens is 492 g/mol. The van der Waals surface area contributed by atoms with Crippen molar-refractivity contribution < 1.29 is 13.9 Å². The minimum atomic E-state index is -0.641. The number of carbonyl (C=O) groups is 1. The molecule has 0 saturated carbocycles. The summed E-state index contributed by atoms with van der Waals surface area (Å²) in [7, 11) is 0. The van der Waals surface area contributed by atoms with Gasteiger partial charge in [0.05, 0.1) is 33.3 Å². The number of carbonyl (C=O) groups excluding carboxylic acids is 1. The zero-order valence-electron chi connectivity index (χ0n) is 19.7. The van der Waals surface area contributed by atoms with E-state index in [1.54, 1.807) is 0 Å². The smallest absolute Gasteiger partial charge is 0.410 e. The van der Waals surface area contributed by atoms with Crippen LogP contribution in [-0.2, 0) is 4.74 Å². The fourth-order valence-electron chi connectivity index (χ4n) is 4.93. The van der Waals surface area contributed by atoms with Crippen LogP contribution >= 0.6 is 23.2 Å². The lowest BCUT2D eigenvalue weighted by atomic mass is 10.1. The highest BCUT2D eigenvalue weighted by molar-refractivity contribution is 6.42.